The molecule has 0 atom stereocenters. The van der Waals surface area contributed by atoms with Crippen molar-refractivity contribution in [3.05, 3.63) is 47.8 Å². The van der Waals surface area contributed by atoms with Crippen LogP contribution in [0.5, 0.6) is 5.75 Å². The van der Waals surface area contributed by atoms with Crippen LogP contribution in [0.3, 0.4) is 0 Å². The predicted octanol–water partition coefficient (Wildman–Crippen LogP) is 2.27. The Morgan fingerprint density at radius 3 is 2.84 bits per heavy atom. The first-order valence-corrected chi connectivity index (χ1v) is 5.85. The SMILES string of the molecule is Cl.Oc1cccc(CNCc2ccn(CCF)n2)c1. The Balaban J connectivity index is 0.00000180. The average molecular weight is 286 g/mol. The van der Waals surface area contributed by atoms with Crippen LogP contribution in [0.1, 0.15) is 11.3 Å². The fraction of sp³-hybridized carbons (Fsp3) is 0.308. The Morgan fingerprint density at radius 1 is 1.26 bits per heavy atom. The summed E-state index contributed by atoms with van der Waals surface area (Å²) in [5.41, 5.74) is 1.89. The first kappa shape index (κ1) is 15.5. The lowest BCUT2D eigenvalue weighted by molar-refractivity contribution is 0.425. The second kappa shape index (κ2) is 7.76. The quantitative estimate of drug-likeness (QED) is 0.856. The van der Waals surface area contributed by atoms with Crippen molar-refractivity contribution in [2.24, 2.45) is 0 Å². The molecule has 0 saturated carbocycles. The van der Waals surface area contributed by atoms with E-state index in [0.717, 1.165) is 11.3 Å². The zero-order valence-corrected chi connectivity index (χ0v) is 11.2. The topological polar surface area (TPSA) is 50.1 Å². The number of hydrogen-bond acceptors (Lipinski definition) is 3. The van der Waals surface area contributed by atoms with Gasteiger partial charge in [-0.05, 0) is 23.8 Å². The van der Waals surface area contributed by atoms with Gasteiger partial charge in [-0.2, -0.15) is 5.10 Å². The van der Waals surface area contributed by atoms with Crippen molar-refractivity contribution in [2.75, 3.05) is 6.67 Å². The van der Waals surface area contributed by atoms with Crippen LogP contribution in [-0.2, 0) is 19.6 Å². The van der Waals surface area contributed by atoms with E-state index >= 15 is 0 Å². The number of alkyl halides is 1. The molecule has 0 aliphatic carbocycles. The highest BCUT2D eigenvalue weighted by atomic mass is 35.5. The van der Waals surface area contributed by atoms with E-state index in [4.69, 9.17) is 0 Å². The van der Waals surface area contributed by atoms with Gasteiger partial charge in [-0.25, -0.2) is 4.39 Å². The van der Waals surface area contributed by atoms with Crippen LogP contribution in [0.15, 0.2) is 36.5 Å². The Kier molecular flexibility index (Phi) is 6.32. The lowest BCUT2D eigenvalue weighted by Gasteiger charge is -2.03. The highest BCUT2D eigenvalue weighted by Crippen LogP contribution is 2.10. The van der Waals surface area contributed by atoms with Gasteiger partial charge >= 0.3 is 0 Å². The van der Waals surface area contributed by atoms with Crippen molar-refractivity contribution in [1.82, 2.24) is 15.1 Å². The Bertz CT molecular complexity index is 504. The summed E-state index contributed by atoms with van der Waals surface area (Å²) in [5, 5.41) is 16.7. The van der Waals surface area contributed by atoms with Crippen molar-refractivity contribution in [2.45, 2.75) is 19.6 Å². The highest BCUT2D eigenvalue weighted by Gasteiger charge is 1.99. The van der Waals surface area contributed by atoms with Crippen molar-refractivity contribution >= 4 is 12.4 Å². The fourth-order valence-corrected chi connectivity index (χ4v) is 1.71. The van der Waals surface area contributed by atoms with E-state index < -0.39 is 6.67 Å². The molecule has 6 heteroatoms. The van der Waals surface area contributed by atoms with Gasteiger partial charge in [0, 0.05) is 19.3 Å². The lowest BCUT2D eigenvalue weighted by atomic mass is 10.2. The van der Waals surface area contributed by atoms with Crippen LogP contribution < -0.4 is 5.32 Å². The minimum Gasteiger partial charge on any atom is -0.508 e. The van der Waals surface area contributed by atoms with E-state index in [9.17, 15) is 9.50 Å². The smallest absolute Gasteiger partial charge is 0.115 e. The molecule has 1 aromatic heterocycles. The first-order chi connectivity index (χ1) is 8.78. The Hall–Kier alpha value is -1.59. The third-order valence-electron chi connectivity index (χ3n) is 2.56. The number of aromatic hydroxyl groups is 1. The summed E-state index contributed by atoms with van der Waals surface area (Å²) in [6.45, 7) is 1.17. The minimum absolute atomic E-state index is 0. The van der Waals surface area contributed by atoms with Gasteiger partial charge in [-0.3, -0.25) is 4.68 Å². The number of aryl methyl sites for hydroxylation is 1. The van der Waals surface area contributed by atoms with E-state index in [2.05, 4.69) is 10.4 Å². The zero-order valence-electron chi connectivity index (χ0n) is 10.4. The molecule has 0 fully saturated rings. The van der Waals surface area contributed by atoms with Gasteiger partial charge in [0.2, 0.25) is 0 Å². The van der Waals surface area contributed by atoms with Gasteiger partial charge in [-0.1, -0.05) is 12.1 Å². The average Bonchev–Trinajstić information content (AvgIpc) is 2.78. The number of aromatic nitrogens is 2. The van der Waals surface area contributed by atoms with E-state index in [1.807, 2.05) is 18.2 Å². The normalized spacial score (nSPS) is 10.2. The van der Waals surface area contributed by atoms with E-state index in [1.54, 1.807) is 23.0 Å². The Labute approximate surface area is 117 Å². The molecule has 2 N–H and O–H groups in total. The number of hydrogen-bond donors (Lipinski definition) is 2. The molecule has 0 spiro atoms. The monoisotopic (exact) mass is 285 g/mol. The number of benzene rings is 1. The largest absolute Gasteiger partial charge is 0.508 e. The molecule has 0 aliphatic rings. The molecular weight excluding hydrogens is 269 g/mol. The van der Waals surface area contributed by atoms with Crippen molar-refractivity contribution in [1.29, 1.82) is 0 Å². The number of rotatable bonds is 6. The molecule has 0 unspecified atom stereocenters. The van der Waals surface area contributed by atoms with Gasteiger partial charge in [0.1, 0.15) is 12.4 Å². The van der Waals surface area contributed by atoms with Gasteiger partial charge < -0.3 is 10.4 Å². The molecule has 0 saturated heterocycles. The number of nitrogens with zero attached hydrogens (tertiary/aromatic N) is 2. The lowest BCUT2D eigenvalue weighted by Crippen LogP contribution is -2.13. The van der Waals surface area contributed by atoms with Crippen molar-refractivity contribution in [3.8, 4) is 5.75 Å². The van der Waals surface area contributed by atoms with Crippen LogP contribution in [0.25, 0.3) is 0 Å². The minimum atomic E-state index is -0.405. The number of phenols is 1. The molecule has 104 valence electrons. The summed E-state index contributed by atoms with van der Waals surface area (Å²) in [7, 11) is 0. The molecule has 19 heavy (non-hydrogen) atoms. The standard InChI is InChI=1S/C13H16FN3O.ClH/c14-5-7-17-6-4-12(16-17)10-15-9-11-2-1-3-13(18)8-11;/h1-4,6,8,15,18H,5,7,9-10H2;1H. The molecule has 2 rings (SSSR count). The van der Waals surface area contributed by atoms with E-state index in [1.165, 1.54) is 0 Å². The summed E-state index contributed by atoms with van der Waals surface area (Å²) in [6.07, 6.45) is 1.77. The number of nitrogens with one attached hydrogen (secondary N) is 1. The van der Waals surface area contributed by atoms with Crippen LogP contribution in [0.4, 0.5) is 4.39 Å². The van der Waals surface area contributed by atoms with Crippen molar-refractivity contribution < 1.29 is 9.50 Å². The maximum atomic E-state index is 12.1. The molecule has 0 bridgehead atoms. The summed E-state index contributed by atoms with van der Waals surface area (Å²) in [6, 6.07) is 8.97. The summed E-state index contributed by atoms with van der Waals surface area (Å²) in [4.78, 5) is 0. The maximum Gasteiger partial charge on any atom is 0.115 e. The van der Waals surface area contributed by atoms with Crippen molar-refractivity contribution in [3.63, 3.8) is 0 Å². The number of halogens is 2. The predicted molar refractivity (Wildman–Crippen MR) is 74.1 cm³/mol. The highest BCUT2D eigenvalue weighted by molar-refractivity contribution is 5.85. The van der Waals surface area contributed by atoms with Gasteiger partial charge in [-0.15, -0.1) is 12.4 Å². The Morgan fingerprint density at radius 2 is 2.11 bits per heavy atom. The van der Waals surface area contributed by atoms with Gasteiger partial charge in [0.05, 0.1) is 12.2 Å². The first-order valence-electron chi connectivity index (χ1n) is 5.85. The van der Waals surface area contributed by atoms with E-state index in [0.29, 0.717) is 19.6 Å². The van der Waals surface area contributed by atoms with E-state index in [-0.39, 0.29) is 18.2 Å². The van der Waals surface area contributed by atoms with Gasteiger partial charge in [0.25, 0.3) is 0 Å². The van der Waals surface area contributed by atoms with Crippen LogP contribution in [0.2, 0.25) is 0 Å². The zero-order chi connectivity index (χ0) is 12.8. The molecule has 4 nitrogen and oxygen atoms in total. The third-order valence-corrected chi connectivity index (χ3v) is 2.56. The van der Waals surface area contributed by atoms with Crippen LogP contribution in [0, 0.1) is 0 Å². The molecule has 0 amide bonds. The molecular formula is C13H17ClFN3O. The maximum absolute atomic E-state index is 12.1. The summed E-state index contributed by atoms with van der Waals surface area (Å²) < 4.78 is 13.7. The van der Waals surface area contributed by atoms with Crippen LogP contribution in [-0.4, -0.2) is 21.6 Å². The molecule has 0 radical (unpaired) electrons. The second-order valence-electron chi connectivity index (χ2n) is 4.03. The third kappa shape index (κ3) is 4.89. The molecule has 1 aromatic carbocycles. The number of phenolic OH excluding ortho intramolecular Hbond substituents is 1. The summed E-state index contributed by atoms with van der Waals surface area (Å²) >= 11 is 0. The second-order valence-corrected chi connectivity index (χ2v) is 4.03. The molecule has 2 aromatic rings. The molecule has 1 heterocycles. The summed E-state index contributed by atoms with van der Waals surface area (Å²) in [5.74, 6) is 0.265. The van der Waals surface area contributed by atoms with Gasteiger partial charge in [0.15, 0.2) is 0 Å². The molecule has 0 aliphatic heterocycles. The fourth-order valence-electron chi connectivity index (χ4n) is 1.71. The van der Waals surface area contributed by atoms with Crippen LogP contribution >= 0.6 is 12.4 Å².